The zero-order valence-electron chi connectivity index (χ0n) is 13.3. The molecule has 4 heteroatoms. The quantitative estimate of drug-likeness (QED) is 0.888. The maximum Gasteiger partial charge on any atom is 0.0968 e. The highest BCUT2D eigenvalue weighted by Gasteiger charge is 2.17. The third-order valence-electron chi connectivity index (χ3n) is 3.55. The van der Waals surface area contributed by atoms with Crippen LogP contribution in [0.1, 0.15) is 26.3 Å². The van der Waals surface area contributed by atoms with E-state index >= 15 is 0 Å². The highest BCUT2D eigenvalue weighted by molar-refractivity contribution is 5.62. The summed E-state index contributed by atoms with van der Waals surface area (Å²) in [6.07, 6.45) is 1.74. The van der Waals surface area contributed by atoms with Crippen LogP contribution in [0.15, 0.2) is 36.5 Å². The van der Waals surface area contributed by atoms with E-state index in [1.165, 1.54) is 5.56 Å². The Hall–Kier alpha value is -1.65. The van der Waals surface area contributed by atoms with Gasteiger partial charge in [-0.25, -0.2) is 0 Å². The molecule has 2 aromatic rings. The highest BCUT2D eigenvalue weighted by atomic mass is 16.3. The van der Waals surface area contributed by atoms with Crippen LogP contribution in [-0.4, -0.2) is 38.5 Å². The Morgan fingerprint density at radius 2 is 1.86 bits per heavy atom. The first kappa shape index (κ1) is 15.7. The number of benzene rings is 1. The molecule has 0 fully saturated rings. The van der Waals surface area contributed by atoms with E-state index in [-0.39, 0.29) is 6.10 Å². The summed E-state index contributed by atoms with van der Waals surface area (Å²) in [7, 11) is 1.95. The Morgan fingerprint density at radius 1 is 1.19 bits per heavy atom. The van der Waals surface area contributed by atoms with Crippen molar-refractivity contribution in [1.29, 1.82) is 0 Å². The number of aromatic nitrogens is 2. The summed E-state index contributed by atoms with van der Waals surface area (Å²) >= 11 is 0. The molecular formula is C17H25N3O. The SMILES string of the molecule is CC(O)CN(Cc1cn(C)nc1-c1ccccc1)C(C)C. The van der Waals surface area contributed by atoms with E-state index < -0.39 is 0 Å². The maximum absolute atomic E-state index is 9.68. The number of rotatable bonds is 6. The van der Waals surface area contributed by atoms with Gasteiger partial charge in [-0.3, -0.25) is 9.58 Å². The first-order valence-corrected chi connectivity index (χ1v) is 7.47. The molecule has 1 unspecified atom stereocenters. The standard InChI is InChI=1S/C17H25N3O/c1-13(2)20(10-14(3)21)12-16-11-19(4)18-17(16)15-8-6-5-7-9-15/h5-9,11,13-14,21H,10,12H2,1-4H3. The maximum atomic E-state index is 9.68. The summed E-state index contributed by atoms with van der Waals surface area (Å²) in [5, 5.41) is 14.3. The average Bonchev–Trinajstić information content (AvgIpc) is 2.79. The first-order chi connectivity index (χ1) is 9.97. The molecule has 0 aliphatic heterocycles. The third-order valence-corrected chi connectivity index (χ3v) is 3.55. The van der Waals surface area contributed by atoms with Crippen molar-refractivity contribution in [3.8, 4) is 11.3 Å². The third kappa shape index (κ3) is 4.16. The minimum atomic E-state index is -0.329. The van der Waals surface area contributed by atoms with E-state index in [0.29, 0.717) is 12.6 Å². The van der Waals surface area contributed by atoms with Crippen molar-refractivity contribution in [2.24, 2.45) is 7.05 Å². The van der Waals surface area contributed by atoms with Crippen LogP contribution in [0.2, 0.25) is 0 Å². The van der Waals surface area contributed by atoms with E-state index in [4.69, 9.17) is 0 Å². The molecule has 0 radical (unpaired) electrons. The van der Waals surface area contributed by atoms with Crippen LogP contribution < -0.4 is 0 Å². The van der Waals surface area contributed by atoms with Crippen LogP contribution in [0.5, 0.6) is 0 Å². The van der Waals surface area contributed by atoms with Crippen molar-refractivity contribution < 1.29 is 5.11 Å². The lowest BCUT2D eigenvalue weighted by Gasteiger charge is -2.27. The zero-order valence-corrected chi connectivity index (χ0v) is 13.3. The second-order valence-electron chi connectivity index (χ2n) is 5.91. The van der Waals surface area contributed by atoms with Gasteiger partial charge < -0.3 is 5.11 Å². The van der Waals surface area contributed by atoms with Crippen molar-refractivity contribution in [3.63, 3.8) is 0 Å². The lowest BCUT2D eigenvalue weighted by atomic mass is 10.1. The predicted octanol–water partition coefficient (Wildman–Crippen LogP) is 2.68. The fourth-order valence-corrected chi connectivity index (χ4v) is 2.51. The van der Waals surface area contributed by atoms with Crippen molar-refractivity contribution in [1.82, 2.24) is 14.7 Å². The van der Waals surface area contributed by atoms with Crippen molar-refractivity contribution in [2.75, 3.05) is 6.54 Å². The van der Waals surface area contributed by atoms with Crippen molar-refractivity contribution in [2.45, 2.75) is 39.5 Å². The van der Waals surface area contributed by atoms with E-state index in [9.17, 15) is 5.11 Å². The summed E-state index contributed by atoms with van der Waals surface area (Å²) in [5.41, 5.74) is 3.35. The largest absolute Gasteiger partial charge is 0.392 e. The lowest BCUT2D eigenvalue weighted by Crippen LogP contribution is -2.36. The summed E-state index contributed by atoms with van der Waals surface area (Å²) in [5.74, 6) is 0. The monoisotopic (exact) mass is 287 g/mol. The molecule has 0 aliphatic carbocycles. The molecule has 1 N–H and O–H groups in total. The Morgan fingerprint density at radius 3 is 2.43 bits per heavy atom. The van der Waals surface area contributed by atoms with E-state index in [0.717, 1.165) is 17.8 Å². The Kier molecular flexibility index (Phi) is 5.15. The van der Waals surface area contributed by atoms with E-state index in [1.807, 2.05) is 36.9 Å². The number of aryl methyl sites for hydroxylation is 1. The van der Waals surface area contributed by atoms with Crippen LogP contribution in [0, 0.1) is 0 Å². The van der Waals surface area contributed by atoms with Gasteiger partial charge >= 0.3 is 0 Å². The molecule has 2 rings (SSSR count). The Labute approximate surface area is 127 Å². The van der Waals surface area contributed by atoms with Crippen LogP contribution >= 0.6 is 0 Å². The van der Waals surface area contributed by atoms with Crippen LogP contribution in [0.25, 0.3) is 11.3 Å². The number of aliphatic hydroxyl groups is 1. The summed E-state index contributed by atoms with van der Waals surface area (Å²) in [6, 6.07) is 10.6. The molecule has 1 aromatic heterocycles. The molecule has 0 spiro atoms. The van der Waals surface area contributed by atoms with Crippen molar-refractivity contribution >= 4 is 0 Å². The summed E-state index contributed by atoms with van der Waals surface area (Å²) < 4.78 is 1.86. The molecule has 1 aromatic carbocycles. The molecule has 0 saturated carbocycles. The van der Waals surface area contributed by atoms with Gasteiger partial charge in [0.1, 0.15) is 0 Å². The smallest absolute Gasteiger partial charge is 0.0968 e. The second kappa shape index (κ2) is 6.87. The molecule has 1 atom stereocenters. The molecule has 114 valence electrons. The number of aliphatic hydroxyl groups excluding tert-OH is 1. The fraction of sp³-hybridized carbons (Fsp3) is 0.471. The van der Waals surface area contributed by atoms with Gasteiger partial charge in [0.2, 0.25) is 0 Å². The van der Waals surface area contributed by atoms with Gasteiger partial charge in [-0.2, -0.15) is 5.10 Å². The molecular weight excluding hydrogens is 262 g/mol. The summed E-state index contributed by atoms with van der Waals surface area (Å²) in [6.45, 7) is 7.60. The van der Waals surface area contributed by atoms with Crippen LogP contribution in [0.4, 0.5) is 0 Å². The lowest BCUT2D eigenvalue weighted by molar-refractivity contribution is 0.103. The molecule has 21 heavy (non-hydrogen) atoms. The zero-order chi connectivity index (χ0) is 15.4. The normalized spacial score (nSPS) is 13.1. The van der Waals surface area contributed by atoms with Gasteiger partial charge in [-0.15, -0.1) is 0 Å². The Bertz CT molecular complexity index is 561. The molecule has 4 nitrogen and oxygen atoms in total. The second-order valence-corrected chi connectivity index (χ2v) is 5.91. The molecule has 0 amide bonds. The number of hydrogen-bond acceptors (Lipinski definition) is 3. The number of hydrogen-bond donors (Lipinski definition) is 1. The van der Waals surface area contributed by atoms with Gasteiger partial charge in [0.05, 0.1) is 11.8 Å². The first-order valence-electron chi connectivity index (χ1n) is 7.47. The van der Waals surface area contributed by atoms with Gasteiger partial charge in [0, 0.05) is 43.5 Å². The van der Waals surface area contributed by atoms with Gasteiger partial charge in [0.15, 0.2) is 0 Å². The van der Waals surface area contributed by atoms with Crippen LogP contribution in [0.3, 0.4) is 0 Å². The average molecular weight is 287 g/mol. The predicted molar refractivity (Wildman–Crippen MR) is 85.9 cm³/mol. The molecule has 0 saturated heterocycles. The topological polar surface area (TPSA) is 41.3 Å². The van der Waals surface area contributed by atoms with Gasteiger partial charge in [-0.05, 0) is 20.8 Å². The van der Waals surface area contributed by atoms with Gasteiger partial charge in [0.25, 0.3) is 0 Å². The fourth-order valence-electron chi connectivity index (χ4n) is 2.51. The summed E-state index contributed by atoms with van der Waals surface area (Å²) in [4.78, 5) is 2.27. The highest BCUT2D eigenvalue weighted by Crippen LogP contribution is 2.23. The molecule has 1 heterocycles. The van der Waals surface area contributed by atoms with Crippen molar-refractivity contribution in [3.05, 3.63) is 42.1 Å². The molecule has 0 bridgehead atoms. The minimum Gasteiger partial charge on any atom is -0.392 e. The van der Waals surface area contributed by atoms with Gasteiger partial charge in [-0.1, -0.05) is 30.3 Å². The molecule has 0 aliphatic rings. The van der Waals surface area contributed by atoms with E-state index in [2.05, 4.69) is 42.2 Å². The minimum absolute atomic E-state index is 0.329. The van der Waals surface area contributed by atoms with E-state index in [1.54, 1.807) is 0 Å². The number of nitrogens with zero attached hydrogens (tertiary/aromatic N) is 3. The Balaban J connectivity index is 2.27. The van der Waals surface area contributed by atoms with Crippen LogP contribution in [-0.2, 0) is 13.6 Å².